The average Bonchev–Trinajstić information content (AvgIpc) is 2.40. The third kappa shape index (κ3) is 0.745. The van der Waals surface area contributed by atoms with Gasteiger partial charge in [-0.1, -0.05) is 0 Å². The first-order chi connectivity index (χ1) is 5.10. The van der Waals surface area contributed by atoms with Crippen LogP contribution in [0.1, 0.15) is 19.8 Å². The number of carbonyl (C=O) groups excluding carboxylic acids is 1. The molecule has 1 aliphatic carbocycles. The van der Waals surface area contributed by atoms with Crippen LogP contribution in [0.15, 0.2) is 0 Å². The van der Waals surface area contributed by atoms with Crippen molar-refractivity contribution in [3.63, 3.8) is 0 Å². The first kappa shape index (κ1) is 7.10. The Hall–Kier alpha value is -0.570. The highest BCUT2D eigenvalue weighted by Gasteiger charge is 2.62. The summed E-state index contributed by atoms with van der Waals surface area (Å²) in [5.41, 5.74) is 0.0672. The molecule has 0 spiro atoms. The lowest BCUT2D eigenvalue weighted by molar-refractivity contribution is -0.156. The predicted octanol–water partition coefficient (Wildman–Crippen LogP) is 0.301. The molecule has 0 amide bonds. The molecule has 0 atom stereocenters. The van der Waals surface area contributed by atoms with E-state index in [1.165, 1.54) is 7.11 Å². The Morgan fingerprint density at radius 3 is 2.55 bits per heavy atom. The van der Waals surface area contributed by atoms with Crippen LogP contribution < -0.4 is 5.32 Å². The number of esters is 1. The fourth-order valence-electron chi connectivity index (χ4n) is 2.51. The molecular formula is C8H13NO2. The Kier molecular flexibility index (Phi) is 1.15. The Bertz CT molecular complexity index is 206. The van der Waals surface area contributed by atoms with Gasteiger partial charge in [0, 0.05) is 12.1 Å². The van der Waals surface area contributed by atoms with Gasteiger partial charge in [-0.15, -0.1) is 0 Å². The molecule has 3 rings (SSSR count). The second-order valence-corrected chi connectivity index (χ2v) is 4.04. The molecule has 3 aliphatic rings. The molecule has 11 heavy (non-hydrogen) atoms. The Morgan fingerprint density at radius 1 is 1.55 bits per heavy atom. The maximum atomic E-state index is 11.3. The summed E-state index contributed by atoms with van der Waals surface area (Å²) in [6, 6.07) is 0. The lowest BCUT2D eigenvalue weighted by atomic mass is 9.63. The molecule has 1 N–H and O–H groups in total. The Labute approximate surface area is 66.1 Å². The maximum absolute atomic E-state index is 11.3. The Morgan fingerprint density at radius 2 is 2.18 bits per heavy atom. The van der Waals surface area contributed by atoms with Crippen molar-refractivity contribution < 1.29 is 9.53 Å². The normalized spacial score (nSPS) is 46.7. The largest absolute Gasteiger partial charge is 0.469 e. The molecule has 1 saturated carbocycles. The molecule has 3 fully saturated rings. The Balaban J connectivity index is 2.13. The third-order valence-corrected chi connectivity index (χ3v) is 2.93. The zero-order chi connectivity index (χ0) is 8.11. The van der Waals surface area contributed by atoms with Crippen molar-refractivity contribution in [2.75, 3.05) is 13.7 Å². The van der Waals surface area contributed by atoms with E-state index in [9.17, 15) is 4.79 Å². The molecule has 2 heterocycles. The minimum atomic E-state index is -0.163. The van der Waals surface area contributed by atoms with E-state index in [4.69, 9.17) is 4.74 Å². The van der Waals surface area contributed by atoms with Gasteiger partial charge in [-0.2, -0.15) is 0 Å². The van der Waals surface area contributed by atoms with Crippen molar-refractivity contribution in [2.24, 2.45) is 5.41 Å². The second kappa shape index (κ2) is 1.78. The van der Waals surface area contributed by atoms with Gasteiger partial charge in [-0.25, -0.2) is 0 Å². The molecule has 0 aromatic carbocycles. The number of nitrogens with one attached hydrogen (secondary N) is 1. The minimum absolute atomic E-state index is 0.0417. The van der Waals surface area contributed by atoms with E-state index in [1.807, 2.05) is 0 Å². The lowest BCUT2D eigenvalue weighted by Gasteiger charge is -2.41. The molecule has 2 bridgehead atoms. The minimum Gasteiger partial charge on any atom is -0.469 e. The van der Waals surface area contributed by atoms with Crippen LogP contribution in [-0.2, 0) is 9.53 Å². The van der Waals surface area contributed by atoms with Gasteiger partial charge in [0.15, 0.2) is 0 Å². The van der Waals surface area contributed by atoms with E-state index in [0.29, 0.717) is 0 Å². The highest BCUT2D eigenvalue weighted by Crippen LogP contribution is 2.54. The number of ether oxygens (including phenoxy) is 1. The van der Waals surface area contributed by atoms with Crippen LogP contribution in [0.2, 0.25) is 0 Å². The van der Waals surface area contributed by atoms with Gasteiger partial charge >= 0.3 is 5.97 Å². The average molecular weight is 155 g/mol. The summed E-state index contributed by atoms with van der Waals surface area (Å²) in [6.45, 7) is 2.96. The predicted molar refractivity (Wildman–Crippen MR) is 40.1 cm³/mol. The molecule has 2 aliphatic heterocycles. The van der Waals surface area contributed by atoms with E-state index in [-0.39, 0.29) is 16.9 Å². The third-order valence-electron chi connectivity index (χ3n) is 2.93. The zero-order valence-corrected chi connectivity index (χ0v) is 6.94. The molecule has 0 unspecified atom stereocenters. The molecule has 0 aromatic heterocycles. The molecule has 2 saturated heterocycles. The van der Waals surface area contributed by atoms with Gasteiger partial charge in [-0.05, 0) is 19.8 Å². The first-order valence-electron chi connectivity index (χ1n) is 3.94. The van der Waals surface area contributed by atoms with E-state index >= 15 is 0 Å². The van der Waals surface area contributed by atoms with Gasteiger partial charge in [0.05, 0.1) is 12.5 Å². The summed E-state index contributed by atoms with van der Waals surface area (Å²) >= 11 is 0. The zero-order valence-electron chi connectivity index (χ0n) is 6.94. The van der Waals surface area contributed by atoms with E-state index in [0.717, 1.165) is 19.4 Å². The topological polar surface area (TPSA) is 38.3 Å². The van der Waals surface area contributed by atoms with Gasteiger partial charge in [0.2, 0.25) is 0 Å². The fourth-order valence-corrected chi connectivity index (χ4v) is 2.51. The number of fused-ring (bicyclic) bond motifs is 1. The first-order valence-corrected chi connectivity index (χ1v) is 3.94. The molecular weight excluding hydrogens is 142 g/mol. The highest BCUT2D eigenvalue weighted by atomic mass is 16.5. The van der Waals surface area contributed by atoms with Crippen LogP contribution in [0.25, 0.3) is 0 Å². The smallest absolute Gasteiger partial charge is 0.313 e. The van der Waals surface area contributed by atoms with Crippen molar-refractivity contribution in [3.05, 3.63) is 0 Å². The van der Waals surface area contributed by atoms with Crippen LogP contribution in [0.5, 0.6) is 0 Å². The second-order valence-electron chi connectivity index (χ2n) is 4.04. The number of rotatable bonds is 1. The summed E-state index contributed by atoms with van der Waals surface area (Å²) in [5.74, 6) is -0.0417. The summed E-state index contributed by atoms with van der Waals surface area (Å²) < 4.78 is 4.74. The van der Waals surface area contributed by atoms with Crippen LogP contribution in [0, 0.1) is 5.41 Å². The maximum Gasteiger partial charge on any atom is 0.313 e. The van der Waals surface area contributed by atoms with Crippen LogP contribution in [-0.4, -0.2) is 25.2 Å². The SMILES string of the molecule is COC(=O)C12CNC(C)(C1)C2. The van der Waals surface area contributed by atoms with Crippen molar-refractivity contribution in [1.29, 1.82) is 0 Å². The van der Waals surface area contributed by atoms with Gasteiger partial charge in [0.1, 0.15) is 0 Å². The summed E-state index contributed by atoms with van der Waals surface area (Å²) in [5, 5.41) is 3.33. The highest BCUT2D eigenvalue weighted by molar-refractivity contribution is 5.80. The lowest BCUT2D eigenvalue weighted by Crippen LogP contribution is -2.49. The van der Waals surface area contributed by atoms with Gasteiger partial charge < -0.3 is 10.1 Å². The van der Waals surface area contributed by atoms with Crippen molar-refractivity contribution in [1.82, 2.24) is 5.32 Å². The van der Waals surface area contributed by atoms with Crippen LogP contribution in [0.4, 0.5) is 0 Å². The number of hydrogen-bond acceptors (Lipinski definition) is 3. The van der Waals surface area contributed by atoms with E-state index in [2.05, 4.69) is 12.2 Å². The quantitative estimate of drug-likeness (QED) is 0.553. The molecule has 0 aromatic rings. The van der Waals surface area contributed by atoms with Crippen molar-refractivity contribution >= 4 is 5.97 Å². The van der Waals surface area contributed by atoms with Gasteiger partial charge in [0.25, 0.3) is 0 Å². The van der Waals surface area contributed by atoms with Gasteiger partial charge in [-0.3, -0.25) is 4.79 Å². The standard InChI is InChI=1S/C8H13NO2/c1-7-3-8(4-7,5-9-7)6(10)11-2/h9H,3-5H2,1-2H3. The monoisotopic (exact) mass is 155 g/mol. The number of carbonyl (C=O) groups is 1. The molecule has 62 valence electrons. The molecule has 0 radical (unpaired) electrons. The molecule has 3 nitrogen and oxygen atoms in total. The number of methoxy groups -OCH3 is 1. The van der Waals surface area contributed by atoms with Crippen LogP contribution in [0.3, 0.4) is 0 Å². The summed E-state index contributed by atoms with van der Waals surface area (Å²) in [7, 11) is 1.46. The summed E-state index contributed by atoms with van der Waals surface area (Å²) in [4.78, 5) is 11.3. The van der Waals surface area contributed by atoms with Crippen molar-refractivity contribution in [2.45, 2.75) is 25.3 Å². The molecule has 3 heteroatoms. The summed E-state index contributed by atoms with van der Waals surface area (Å²) in [6.07, 6.45) is 1.90. The van der Waals surface area contributed by atoms with E-state index in [1.54, 1.807) is 0 Å². The number of hydrogen-bond donors (Lipinski definition) is 1. The van der Waals surface area contributed by atoms with E-state index < -0.39 is 0 Å². The fraction of sp³-hybridized carbons (Fsp3) is 0.875. The van der Waals surface area contributed by atoms with Crippen molar-refractivity contribution in [3.8, 4) is 0 Å². The van der Waals surface area contributed by atoms with Crippen LogP contribution >= 0.6 is 0 Å².